The summed E-state index contributed by atoms with van der Waals surface area (Å²) in [7, 11) is 0. The number of rotatable bonds is 3. The second-order valence-electron chi connectivity index (χ2n) is 4.50. The number of ketones is 1. The van der Waals surface area contributed by atoms with E-state index in [9.17, 15) is 4.79 Å². The van der Waals surface area contributed by atoms with Gasteiger partial charge in [0.1, 0.15) is 0 Å². The second kappa shape index (κ2) is 5.87. The van der Waals surface area contributed by atoms with Crippen molar-refractivity contribution in [2.24, 2.45) is 0 Å². The third-order valence-electron chi connectivity index (χ3n) is 3.17. The van der Waals surface area contributed by atoms with E-state index in [1.807, 2.05) is 42.5 Å². The van der Waals surface area contributed by atoms with Gasteiger partial charge in [0, 0.05) is 21.2 Å². The Morgan fingerprint density at radius 1 is 1.05 bits per heavy atom. The second-order valence-corrected chi connectivity index (χ2v) is 5.42. The minimum absolute atomic E-state index is 0.0211. The predicted molar refractivity (Wildman–Crippen MR) is 78.7 cm³/mol. The Labute approximate surface area is 125 Å². The van der Waals surface area contributed by atoms with E-state index in [4.69, 9.17) is 9.47 Å². The first-order valence-corrected chi connectivity index (χ1v) is 7.17. The molecule has 0 aliphatic carbocycles. The fraction of sp³-hybridized carbons (Fsp3) is 0.188. The summed E-state index contributed by atoms with van der Waals surface area (Å²) in [5.41, 5.74) is 2.05. The van der Waals surface area contributed by atoms with Gasteiger partial charge in [-0.1, -0.05) is 46.3 Å². The monoisotopic (exact) mass is 332 g/mol. The maximum absolute atomic E-state index is 12.6. The summed E-state index contributed by atoms with van der Waals surface area (Å²) in [6, 6.07) is 14.8. The Hall–Kier alpha value is -1.49. The van der Waals surface area contributed by atoms with Crippen LogP contribution < -0.4 is 0 Å². The highest BCUT2D eigenvalue weighted by Gasteiger charge is 2.24. The highest BCUT2D eigenvalue weighted by Crippen LogP contribution is 2.30. The lowest BCUT2D eigenvalue weighted by Crippen LogP contribution is -2.09. The first-order chi connectivity index (χ1) is 9.75. The first kappa shape index (κ1) is 13.5. The van der Waals surface area contributed by atoms with E-state index < -0.39 is 6.29 Å². The molecular formula is C16H13BrO3. The minimum Gasteiger partial charge on any atom is -0.346 e. The molecule has 0 saturated carbocycles. The number of carbonyl (C=O) groups excluding carboxylic acids is 1. The van der Waals surface area contributed by atoms with Gasteiger partial charge in [-0.05, 0) is 18.2 Å². The number of hydrogen-bond donors (Lipinski definition) is 0. The third kappa shape index (κ3) is 2.68. The molecule has 1 aliphatic rings. The van der Waals surface area contributed by atoms with Crippen LogP contribution in [0.5, 0.6) is 0 Å². The molecule has 1 fully saturated rings. The van der Waals surface area contributed by atoms with Gasteiger partial charge in [0.25, 0.3) is 0 Å². The Morgan fingerprint density at radius 3 is 2.45 bits per heavy atom. The summed E-state index contributed by atoms with van der Waals surface area (Å²) in [5.74, 6) is -0.0211. The van der Waals surface area contributed by atoms with Gasteiger partial charge in [0.05, 0.1) is 13.2 Å². The van der Waals surface area contributed by atoms with Gasteiger partial charge >= 0.3 is 0 Å². The maximum atomic E-state index is 12.6. The van der Waals surface area contributed by atoms with Crippen LogP contribution in [0.25, 0.3) is 0 Å². The molecule has 20 heavy (non-hydrogen) atoms. The molecule has 0 bridgehead atoms. The van der Waals surface area contributed by atoms with E-state index >= 15 is 0 Å². The summed E-state index contributed by atoms with van der Waals surface area (Å²) in [6.07, 6.45) is -0.463. The molecule has 0 amide bonds. The predicted octanol–water partition coefficient (Wildman–Crippen LogP) is 3.73. The summed E-state index contributed by atoms with van der Waals surface area (Å²) >= 11 is 3.43. The number of benzene rings is 2. The number of ether oxygens (including phenoxy) is 2. The van der Waals surface area contributed by atoms with Crippen molar-refractivity contribution in [3.8, 4) is 0 Å². The highest BCUT2D eigenvalue weighted by atomic mass is 79.9. The smallest absolute Gasteiger partial charge is 0.193 e. The van der Waals surface area contributed by atoms with Gasteiger partial charge in [-0.25, -0.2) is 0 Å². The van der Waals surface area contributed by atoms with Crippen molar-refractivity contribution in [1.29, 1.82) is 0 Å². The fourth-order valence-corrected chi connectivity index (χ4v) is 2.60. The first-order valence-electron chi connectivity index (χ1n) is 6.38. The van der Waals surface area contributed by atoms with Crippen molar-refractivity contribution in [2.45, 2.75) is 6.29 Å². The van der Waals surface area contributed by atoms with Crippen LogP contribution in [-0.2, 0) is 9.47 Å². The molecule has 0 aromatic heterocycles. The van der Waals surface area contributed by atoms with Gasteiger partial charge in [-0.2, -0.15) is 0 Å². The molecule has 102 valence electrons. The molecule has 3 rings (SSSR count). The zero-order chi connectivity index (χ0) is 13.9. The van der Waals surface area contributed by atoms with Crippen molar-refractivity contribution >= 4 is 21.7 Å². The molecule has 1 aliphatic heterocycles. The van der Waals surface area contributed by atoms with Gasteiger partial charge in [-0.3, -0.25) is 4.79 Å². The lowest BCUT2D eigenvalue weighted by atomic mass is 9.98. The van der Waals surface area contributed by atoms with Crippen molar-refractivity contribution in [1.82, 2.24) is 0 Å². The quantitative estimate of drug-likeness (QED) is 0.803. The van der Waals surface area contributed by atoms with Crippen LogP contribution in [0.2, 0.25) is 0 Å². The number of halogens is 1. The SMILES string of the molecule is O=C(c1ccccc1)c1ccc(Br)cc1C1OCCO1. The molecule has 4 heteroatoms. The Morgan fingerprint density at radius 2 is 1.75 bits per heavy atom. The van der Waals surface area contributed by atoms with Gasteiger partial charge in [-0.15, -0.1) is 0 Å². The van der Waals surface area contributed by atoms with Crippen molar-refractivity contribution < 1.29 is 14.3 Å². The Kier molecular flexibility index (Phi) is 3.96. The molecule has 0 radical (unpaired) electrons. The minimum atomic E-state index is -0.463. The van der Waals surface area contributed by atoms with Crippen molar-refractivity contribution in [3.05, 3.63) is 69.7 Å². The Bertz CT molecular complexity index is 619. The van der Waals surface area contributed by atoms with Crippen LogP contribution >= 0.6 is 15.9 Å². The summed E-state index contributed by atoms with van der Waals surface area (Å²) < 4.78 is 12.0. The molecule has 0 atom stereocenters. The molecule has 0 N–H and O–H groups in total. The van der Waals surface area contributed by atoms with Crippen molar-refractivity contribution in [2.75, 3.05) is 13.2 Å². The van der Waals surface area contributed by atoms with E-state index in [-0.39, 0.29) is 5.78 Å². The summed E-state index contributed by atoms with van der Waals surface area (Å²) in [6.45, 7) is 1.10. The zero-order valence-electron chi connectivity index (χ0n) is 10.7. The van der Waals surface area contributed by atoms with E-state index in [1.165, 1.54) is 0 Å². The lowest BCUT2D eigenvalue weighted by Gasteiger charge is -2.14. The maximum Gasteiger partial charge on any atom is 0.193 e. The third-order valence-corrected chi connectivity index (χ3v) is 3.66. The Balaban J connectivity index is 2.02. The molecule has 0 spiro atoms. The van der Waals surface area contributed by atoms with Crippen LogP contribution in [0.3, 0.4) is 0 Å². The normalized spacial score (nSPS) is 15.4. The van der Waals surface area contributed by atoms with Crippen molar-refractivity contribution in [3.63, 3.8) is 0 Å². The molecule has 2 aromatic rings. The topological polar surface area (TPSA) is 35.5 Å². The van der Waals surface area contributed by atoms with Crippen LogP contribution in [0.15, 0.2) is 53.0 Å². The van der Waals surface area contributed by atoms with Crippen LogP contribution in [0.4, 0.5) is 0 Å². The lowest BCUT2D eigenvalue weighted by molar-refractivity contribution is -0.0445. The van der Waals surface area contributed by atoms with Crippen LogP contribution in [0, 0.1) is 0 Å². The summed E-state index contributed by atoms with van der Waals surface area (Å²) in [5, 5.41) is 0. The molecule has 3 nitrogen and oxygen atoms in total. The highest BCUT2D eigenvalue weighted by molar-refractivity contribution is 9.10. The fourth-order valence-electron chi connectivity index (χ4n) is 2.22. The molecule has 0 unspecified atom stereocenters. The standard InChI is InChI=1S/C16H13BrO3/c17-12-6-7-13(14(10-12)16-19-8-9-20-16)15(18)11-4-2-1-3-5-11/h1-7,10,16H,8-9H2. The number of carbonyl (C=O) groups is 1. The van der Waals surface area contributed by atoms with Gasteiger partial charge in [0.15, 0.2) is 12.1 Å². The average Bonchev–Trinajstić information content (AvgIpc) is 3.01. The zero-order valence-corrected chi connectivity index (χ0v) is 12.3. The molecule has 1 saturated heterocycles. The van der Waals surface area contributed by atoms with E-state index in [2.05, 4.69) is 15.9 Å². The largest absolute Gasteiger partial charge is 0.346 e. The van der Waals surface area contributed by atoms with E-state index in [1.54, 1.807) is 6.07 Å². The average molecular weight is 333 g/mol. The molecule has 1 heterocycles. The van der Waals surface area contributed by atoms with E-state index in [0.29, 0.717) is 24.3 Å². The number of hydrogen-bond acceptors (Lipinski definition) is 3. The molecule has 2 aromatic carbocycles. The van der Waals surface area contributed by atoms with Gasteiger partial charge in [0.2, 0.25) is 0 Å². The van der Waals surface area contributed by atoms with Crippen LogP contribution in [0.1, 0.15) is 27.8 Å². The molecular weight excluding hydrogens is 320 g/mol. The van der Waals surface area contributed by atoms with Gasteiger partial charge < -0.3 is 9.47 Å². The van der Waals surface area contributed by atoms with Crippen LogP contribution in [-0.4, -0.2) is 19.0 Å². The summed E-state index contributed by atoms with van der Waals surface area (Å²) in [4.78, 5) is 12.6. The van der Waals surface area contributed by atoms with E-state index in [0.717, 1.165) is 10.0 Å².